The van der Waals surface area contributed by atoms with E-state index < -0.39 is 16.0 Å². The van der Waals surface area contributed by atoms with Gasteiger partial charge in [0, 0.05) is 25.2 Å². The van der Waals surface area contributed by atoms with E-state index in [0.29, 0.717) is 13.2 Å². The Bertz CT molecular complexity index is 726. The van der Waals surface area contributed by atoms with Crippen LogP contribution in [0.25, 0.3) is 0 Å². The number of sulfonamides is 1. The first-order valence-corrected chi connectivity index (χ1v) is 9.39. The number of nitrogens with one attached hydrogen (secondary N) is 1. The molecule has 1 aliphatic rings. The molecule has 1 aliphatic heterocycles. The molecule has 0 amide bonds. The molecule has 1 saturated heterocycles. The molecule has 1 fully saturated rings. The first-order chi connectivity index (χ1) is 11.7. The molecule has 2 rings (SSSR count). The fraction of sp³-hybridized carbons (Fsp3) is 0.562. The number of hydrogen-bond acceptors (Lipinski definition) is 6. The van der Waals surface area contributed by atoms with E-state index >= 15 is 0 Å². The number of carboxylic acids is 1. The highest BCUT2D eigenvalue weighted by Crippen LogP contribution is 2.23. The SMILES string of the molecule is COc1ccc(S(=O)(=O)NCC(C)(C)N2CCOCC2)cc1C(=O)O. The van der Waals surface area contributed by atoms with Gasteiger partial charge in [0.05, 0.1) is 25.2 Å². The number of carbonyl (C=O) groups is 1. The van der Waals surface area contributed by atoms with Crippen LogP contribution in [0.2, 0.25) is 0 Å². The van der Waals surface area contributed by atoms with Crippen LogP contribution in [0.1, 0.15) is 24.2 Å². The van der Waals surface area contributed by atoms with E-state index in [-0.39, 0.29) is 28.3 Å². The van der Waals surface area contributed by atoms with Crippen LogP contribution in [0, 0.1) is 0 Å². The second-order valence-electron chi connectivity index (χ2n) is 6.40. The monoisotopic (exact) mass is 372 g/mol. The Labute approximate surface area is 147 Å². The summed E-state index contributed by atoms with van der Waals surface area (Å²) in [4.78, 5) is 13.3. The van der Waals surface area contributed by atoms with Crippen LogP contribution in [-0.2, 0) is 14.8 Å². The highest BCUT2D eigenvalue weighted by molar-refractivity contribution is 7.89. The summed E-state index contributed by atoms with van der Waals surface area (Å²) in [6, 6.07) is 3.77. The molecule has 1 heterocycles. The molecule has 1 aromatic rings. The lowest BCUT2D eigenvalue weighted by atomic mass is 10.0. The topological polar surface area (TPSA) is 105 Å². The summed E-state index contributed by atoms with van der Waals surface area (Å²) in [6.45, 7) is 6.83. The lowest BCUT2D eigenvalue weighted by molar-refractivity contribution is -0.00803. The molecule has 0 saturated carbocycles. The molecule has 0 spiro atoms. The van der Waals surface area contributed by atoms with Crippen molar-refractivity contribution in [3.8, 4) is 5.75 Å². The Morgan fingerprint density at radius 1 is 1.36 bits per heavy atom. The Morgan fingerprint density at radius 2 is 2.00 bits per heavy atom. The second kappa shape index (κ2) is 7.69. The Morgan fingerprint density at radius 3 is 2.56 bits per heavy atom. The van der Waals surface area contributed by atoms with Crippen LogP contribution in [0.5, 0.6) is 5.75 Å². The van der Waals surface area contributed by atoms with Crippen molar-refractivity contribution in [1.82, 2.24) is 9.62 Å². The fourth-order valence-electron chi connectivity index (χ4n) is 2.66. The van der Waals surface area contributed by atoms with Gasteiger partial charge < -0.3 is 14.6 Å². The number of benzene rings is 1. The highest BCUT2D eigenvalue weighted by Gasteiger charge is 2.30. The first kappa shape index (κ1) is 19.6. The van der Waals surface area contributed by atoms with E-state index in [4.69, 9.17) is 9.47 Å². The fourth-order valence-corrected chi connectivity index (χ4v) is 3.89. The molecule has 0 bridgehead atoms. The lowest BCUT2D eigenvalue weighted by Gasteiger charge is -2.40. The van der Waals surface area contributed by atoms with Crippen molar-refractivity contribution < 1.29 is 27.8 Å². The largest absolute Gasteiger partial charge is 0.496 e. The lowest BCUT2D eigenvalue weighted by Crippen LogP contribution is -2.55. The molecular weight excluding hydrogens is 348 g/mol. The zero-order valence-corrected chi connectivity index (χ0v) is 15.4. The standard InChI is InChI=1S/C16H24N2O6S/c1-16(2,18-6-8-24-9-7-18)11-17-25(21,22)12-4-5-14(23-3)13(10-12)15(19)20/h4-5,10,17H,6-9,11H2,1-3H3,(H,19,20). The third-order valence-corrected chi connectivity index (χ3v) is 5.67. The van der Waals surface area contributed by atoms with Gasteiger partial charge in [0.15, 0.2) is 0 Å². The summed E-state index contributed by atoms with van der Waals surface area (Å²) < 4.78 is 37.9. The highest BCUT2D eigenvalue weighted by atomic mass is 32.2. The zero-order valence-electron chi connectivity index (χ0n) is 14.6. The summed E-state index contributed by atoms with van der Waals surface area (Å²) in [5.41, 5.74) is -0.586. The smallest absolute Gasteiger partial charge is 0.339 e. The molecule has 0 atom stereocenters. The van der Waals surface area contributed by atoms with Crippen molar-refractivity contribution in [2.24, 2.45) is 0 Å². The van der Waals surface area contributed by atoms with Crippen molar-refractivity contribution in [1.29, 1.82) is 0 Å². The molecule has 0 aliphatic carbocycles. The zero-order chi connectivity index (χ0) is 18.7. The van der Waals surface area contributed by atoms with Crippen molar-refractivity contribution in [3.05, 3.63) is 23.8 Å². The Balaban J connectivity index is 2.16. The van der Waals surface area contributed by atoms with Crippen molar-refractivity contribution in [2.45, 2.75) is 24.3 Å². The molecule has 1 aromatic carbocycles. The quantitative estimate of drug-likeness (QED) is 0.729. The predicted octanol–water partition coefficient (Wildman–Crippen LogP) is 0.783. The minimum Gasteiger partial charge on any atom is -0.496 e. The van der Waals surface area contributed by atoms with Gasteiger partial charge in [-0.05, 0) is 32.0 Å². The summed E-state index contributed by atoms with van der Waals surface area (Å²) in [5, 5.41) is 9.20. The van der Waals surface area contributed by atoms with E-state index in [2.05, 4.69) is 9.62 Å². The number of morpholine rings is 1. The minimum atomic E-state index is -3.84. The molecule has 9 heteroatoms. The first-order valence-electron chi connectivity index (χ1n) is 7.91. The molecular formula is C16H24N2O6S. The normalized spacial score (nSPS) is 16.6. The van der Waals surface area contributed by atoms with E-state index in [0.717, 1.165) is 19.2 Å². The van der Waals surface area contributed by atoms with Gasteiger partial charge in [-0.1, -0.05) is 0 Å². The van der Waals surface area contributed by atoms with Gasteiger partial charge in [-0.3, -0.25) is 4.90 Å². The van der Waals surface area contributed by atoms with Gasteiger partial charge in [0.1, 0.15) is 11.3 Å². The van der Waals surface area contributed by atoms with Gasteiger partial charge in [-0.15, -0.1) is 0 Å². The third-order valence-electron chi connectivity index (χ3n) is 4.27. The summed E-state index contributed by atoms with van der Waals surface area (Å²) in [7, 11) is -2.51. The summed E-state index contributed by atoms with van der Waals surface area (Å²) in [5.74, 6) is -1.14. The average Bonchev–Trinajstić information content (AvgIpc) is 2.60. The van der Waals surface area contributed by atoms with E-state index in [1.165, 1.54) is 19.2 Å². The van der Waals surface area contributed by atoms with Crippen LogP contribution in [0.4, 0.5) is 0 Å². The number of carboxylic acid groups (broad SMARTS) is 1. The van der Waals surface area contributed by atoms with Gasteiger partial charge in [-0.25, -0.2) is 17.9 Å². The summed E-state index contributed by atoms with van der Waals surface area (Å²) >= 11 is 0. The van der Waals surface area contributed by atoms with Crippen molar-refractivity contribution in [3.63, 3.8) is 0 Å². The molecule has 0 unspecified atom stereocenters. The molecule has 25 heavy (non-hydrogen) atoms. The van der Waals surface area contributed by atoms with Gasteiger partial charge >= 0.3 is 5.97 Å². The maximum absolute atomic E-state index is 12.5. The van der Waals surface area contributed by atoms with Crippen LogP contribution in [-0.4, -0.2) is 69.9 Å². The van der Waals surface area contributed by atoms with Crippen LogP contribution in [0.3, 0.4) is 0 Å². The van der Waals surface area contributed by atoms with Crippen molar-refractivity contribution in [2.75, 3.05) is 40.0 Å². The number of ether oxygens (including phenoxy) is 2. The van der Waals surface area contributed by atoms with Crippen LogP contribution >= 0.6 is 0 Å². The molecule has 8 nitrogen and oxygen atoms in total. The van der Waals surface area contributed by atoms with Gasteiger partial charge in [-0.2, -0.15) is 0 Å². The number of hydrogen-bond donors (Lipinski definition) is 2. The van der Waals surface area contributed by atoms with Crippen molar-refractivity contribution >= 4 is 16.0 Å². The number of rotatable bonds is 7. The number of aromatic carboxylic acids is 1. The Kier molecular flexibility index (Phi) is 6.04. The average molecular weight is 372 g/mol. The van der Waals surface area contributed by atoms with Gasteiger partial charge in [0.25, 0.3) is 0 Å². The molecule has 0 radical (unpaired) electrons. The summed E-state index contributed by atoms with van der Waals surface area (Å²) in [6.07, 6.45) is 0. The second-order valence-corrected chi connectivity index (χ2v) is 8.17. The number of nitrogens with zero attached hydrogens (tertiary/aromatic N) is 1. The third kappa shape index (κ3) is 4.69. The van der Waals surface area contributed by atoms with E-state index in [1.807, 2.05) is 13.8 Å². The van der Waals surface area contributed by atoms with Crippen LogP contribution < -0.4 is 9.46 Å². The van der Waals surface area contributed by atoms with Gasteiger partial charge in [0.2, 0.25) is 10.0 Å². The molecule has 140 valence electrons. The van der Waals surface area contributed by atoms with Crippen LogP contribution in [0.15, 0.2) is 23.1 Å². The van der Waals surface area contributed by atoms with E-state index in [9.17, 15) is 18.3 Å². The minimum absolute atomic E-state index is 0.108. The van der Waals surface area contributed by atoms with E-state index in [1.54, 1.807) is 0 Å². The molecule has 0 aromatic heterocycles. The number of methoxy groups -OCH3 is 1. The predicted molar refractivity (Wildman–Crippen MR) is 91.6 cm³/mol. The maximum atomic E-state index is 12.5. The molecule has 2 N–H and O–H groups in total. The Hall–Kier alpha value is -1.68. The maximum Gasteiger partial charge on any atom is 0.339 e.